The number of anilines is 2. The first-order valence-corrected chi connectivity index (χ1v) is 9.64. The van der Waals surface area contributed by atoms with Gasteiger partial charge in [0.05, 0.1) is 11.4 Å². The van der Waals surface area contributed by atoms with Crippen LogP contribution in [0.1, 0.15) is 24.8 Å². The van der Waals surface area contributed by atoms with E-state index in [1.165, 1.54) is 37.9 Å². The van der Waals surface area contributed by atoms with Crippen LogP contribution in [0.15, 0.2) is 60.7 Å². The molecule has 4 heteroatoms. The summed E-state index contributed by atoms with van der Waals surface area (Å²) < 4.78 is 0. The molecule has 1 aliphatic heterocycles. The summed E-state index contributed by atoms with van der Waals surface area (Å²) in [6, 6.07) is 20.8. The quantitative estimate of drug-likeness (QED) is 0.717. The summed E-state index contributed by atoms with van der Waals surface area (Å²) in [5, 5.41) is 0. The zero-order valence-corrected chi connectivity index (χ0v) is 15.6. The molecule has 0 saturated carbocycles. The van der Waals surface area contributed by atoms with Crippen molar-refractivity contribution in [3.63, 3.8) is 0 Å². The largest absolute Gasteiger partial charge is 0.396 e. The number of rotatable bonds is 4. The summed E-state index contributed by atoms with van der Waals surface area (Å²) in [5.74, 6) is 0.377. The lowest BCUT2D eigenvalue weighted by Crippen LogP contribution is -2.29. The maximum Gasteiger partial charge on any atom is 0.147 e. The number of aromatic nitrogens is 1. The monoisotopic (exact) mass is 358 g/mol. The van der Waals surface area contributed by atoms with E-state index in [2.05, 4.69) is 46.3 Å². The Morgan fingerprint density at radius 1 is 0.815 bits per heavy atom. The van der Waals surface area contributed by atoms with Crippen LogP contribution in [0.2, 0.25) is 0 Å². The lowest BCUT2D eigenvalue weighted by molar-refractivity contribution is 0.221. The number of benzene rings is 2. The van der Waals surface area contributed by atoms with E-state index in [4.69, 9.17) is 11.5 Å². The Labute approximate surface area is 160 Å². The SMILES string of the molecule is Nc1cc(-c2ccccc2)c(-c2ccc(CN3CCCCC3)cc2)nc1N. The van der Waals surface area contributed by atoms with Gasteiger partial charge in [-0.2, -0.15) is 0 Å². The highest BCUT2D eigenvalue weighted by Crippen LogP contribution is 2.34. The first-order valence-electron chi connectivity index (χ1n) is 9.64. The minimum absolute atomic E-state index is 0.377. The fourth-order valence-electron chi connectivity index (χ4n) is 3.74. The molecule has 0 spiro atoms. The lowest BCUT2D eigenvalue weighted by Gasteiger charge is -2.26. The zero-order chi connectivity index (χ0) is 18.6. The molecule has 0 radical (unpaired) electrons. The molecule has 1 fully saturated rings. The number of hydrogen-bond acceptors (Lipinski definition) is 4. The molecule has 4 rings (SSSR count). The number of nitrogens with two attached hydrogens (primary N) is 2. The van der Waals surface area contributed by atoms with Crippen LogP contribution in [0, 0.1) is 0 Å². The predicted octanol–water partition coefficient (Wildman–Crippen LogP) is 4.57. The Morgan fingerprint density at radius 3 is 2.22 bits per heavy atom. The molecule has 2 heterocycles. The van der Waals surface area contributed by atoms with Crippen LogP contribution in [0.25, 0.3) is 22.4 Å². The lowest BCUT2D eigenvalue weighted by atomic mass is 9.98. The molecular formula is C23H26N4. The van der Waals surface area contributed by atoms with Gasteiger partial charge in [0.15, 0.2) is 0 Å². The van der Waals surface area contributed by atoms with Crippen LogP contribution in [0.3, 0.4) is 0 Å². The zero-order valence-electron chi connectivity index (χ0n) is 15.6. The average molecular weight is 358 g/mol. The van der Waals surface area contributed by atoms with Gasteiger partial charge in [0.2, 0.25) is 0 Å². The third-order valence-electron chi connectivity index (χ3n) is 5.25. The Bertz CT molecular complexity index is 898. The standard InChI is InChI=1S/C23H26N4/c24-21-15-20(18-7-3-1-4-8-18)22(26-23(21)25)19-11-9-17(10-12-19)16-27-13-5-2-6-14-27/h1,3-4,7-12,15H,2,5-6,13-14,16,24H2,(H2,25,26). The highest BCUT2D eigenvalue weighted by Gasteiger charge is 2.14. The van der Waals surface area contributed by atoms with E-state index in [-0.39, 0.29) is 0 Å². The van der Waals surface area contributed by atoms with Gasteiger partial charge in [0.25, 0.3) is 0 Å². The molecule has 1 aliphatic rings. The Hall–Kier alpha value is -2.85. The summed E-state index contributed by atoms with van der Waals surface area (Å²) in [4.78, 5) is 7.14. The van der Waals surface area contributed by atoms with Crippen LogP contribution >= 0.6 is 0 Å². The molecule has 138 valence electrons. The Morgan fingerprint density at radius 2 is 1.52 bits per heavy atom. The van der Waals surface area contributed by atoms with Crippen LogP contribution in [-0.4, -0.2) is 23.0 Å². The maximum atomic E-state index is 6.04. The minimum Gasteiger partial charge on any atom is -0.396 e. The topological polar surface area (TPSA) is 68.2 Å². The van der Waals surface area contributed by atoms with Crippen molar-refractivity contribution >= 4 is 11.5 Å². The molecule has 4 N–H and O–H groups in total. The highest BCUT2D eigenvalue weighted by molar-refractivity contribution is 5.85. The molecule has 0 aliphatic carbocycles. The van der Waals surface area contributed by atoms with Crippen molar-refractivity contribution in [3.8, 4) is 22.4 Å². The highest BCUT2D eigenvalue weighted by atomic mass is 15.1. The van der Waals surface area contributed by atoms with Crippen LogP contribution < -0.4 is 11.5 Å². The Balaban J connectivity index is 1.65. The maximum absolute atomic E-state index is 6.04. The van der Waals surface area contributed by atoms with Crippen molar-refractivity contribution in [2.45, 2.75) is 25.8 Å². The van der Waals surface area contributed by atoms with E-state index in [0.29, 0.717) is 11.5 Å². The van der Waals surface area contributed by atoms with E-state index in [1.54, 1.807) is 0 Å². The van der Waals surface area contributed by atoms with E-state index >= 15 is 0 Å². The molecule has 27 heavy (non-hydrogen) atoms. The van der Waals surface area contributed by atoms with Crippen LogP contribution in [0.5, 0.6) is 0 Å². The molecule has 2 aromatic carbocycles. The summed E-state index contributed by atoms with van der Waals surface area (Å²) in [5.41, 5.74) is 17.9. The van der Waals surface area contributed by atoms with Crippen molar-refractivity contribution in [3.05, 3.63) is 66.2 Å². The normalized spacial score (nSPS) is 15.0. The van der Waals surface area contributed by atoms with Gasteiger partial charge in [-0.1, -0.05) is 61.0 Å². The van der Waals surface area contributed by atoms with Crippen molar-refractivity contribution in [2.75, 3.05) is 24.6 Å². The van der Waals surface area contributed by atoms with Gasteiger partial charge in [0.1, 0.15) is 5.82 Å². The summed E-state index contributed by atoms with van der Waals surface area (Å²) in [6.07, 6.45) is 3.99. The number of piperidine rings is 1. The van der Waals surface area contributed by atoms with Crippen molar-refractivity contribution < 1.29 is 0 Å². The Kier molecular flexibility index (Phi) is 5.07. The molecular weight excluding hydrogens is 332 g/mol. The van der Waals surface area contributed by atoms with Crippen molar-refractivity contribution in [2.24, 2.45) is 0 Å². The van der Waals surface area contributed by atoms with E-state index in [1.807, 2.05) is 24.3 Å². The molecule has 3 aromatic rings. The second-order valence-corrected chi connectivity index (χ2v) is 7.26. The van der Waals surface area contributed by atoms with Gasteiger partial charge >= 0.3 is 0 Å². The van der Waals surface area contributed by atoms with Gasteiger partial charge < -0.3 is 11.5 Å². The van der Waals surface area contributed by atoms with Crippen molar-refractivity contribution in [1.82, 2.24) is 9.88 Å². The van der Waals surface area contributed by atoms with Crippen LogP contribution in [0.4, 0.5) is 11.5 Å². The molecule has 1 saturated heterocycles. The van der Waals surface area contributed by atoms with Gasteiger partial charge in [0, 0.05) is 17.7 Å². The fourth-order valence-corrected chi connectivity index (χ4v) is 3.74. The smallest absolute Gasteiger partial charge is 0.147 e. The van der Waals surface area contributed by atoms with Crippen molar-refractivity contribution in [1.29, 1.82) is 0 Å². The molecule has 0 amide bonds. The van der Waals surface area contributed by atoms with E-state index < -0.39 is 0 Å². The minimum atomic E-state index is 0.377. The number of nitrogens with zero attached hydrogens (tertiary/aromatic N) is 2. The second-order valence-electron chi connectivity index (χ2n) is 7.26. The summed E-state index contributed by atoms with van der Waals surface area (Å²) in [6.45, 7) is 3.43. The van der Waals surface area contributed by atoms with Gasteiger partial charge in [-0.05, 0) is 43.1 Å². The summed E-state index contributed by atoms with van der Waals surface area (Å²) in [7, 11) is 0. The van der Waals surface area contributed by atoms with Gasteiger partial charge in [-0.25, -0.2) is 4.98 Å². The summed E-state index contributed by atoms with van der Waals surface area (Å²) >= 11 is 0. The average Bonchev–Trinajstić information content (AvgIpc) is 2.72. The first kappa shape index (κ1) is 17.6. The number of pyridine rings is 1. The number of nitrogen functional groups attached to an aromatic ring is 2. The van der Waals surface area contributed by atoms with E-state index in [0.717, 1.165) is 28.9 Å². The fraction of sp³-hybridized carbons (Fsp3) is 0.261. The van der Waals surface area contributed by atoms with E-state index in [9.17, 15) is 0 Å². The number of hydrogen-bond donors (Lipinski definition) is 2. The predicted molar refractivity (Wildman–Crippen MR) is 113 cm³/mol. The van der Waals surface area contributed by atoms with Gasteiger partial charge in [-0.15, -0.1) is 0 Å². The molecule has 4 nitrogen and oxygen atoms in total. The molecule has 1 aromatic heterocycles. The second kappa shape index (κ2) is 7.80. The molecule has 0 unspecified atom stereocenters. The van der Waals surface area contributed by atoms with Gasteiger partial charge in [-0.3, -0.25) is 4.90 Å². The third-order valence-corrected chi connectivity index (χ3v) is 5.25. The molecule has 0 atom stereocenters. The molecule has 0 bridgehead atoms. The number of likely N-dealkylation sites (tertiary alicyclic amines) is 1. The van der Waals surface area contributed by atoms with Crippen LogP contribution in [-0.2, 0) is 6.54 Å². The first-order chi connectivity index (χ1) is 13.2. The third kappa shape index (κ3) is 3.96.